The highest BCUT2D eigenvalue weighted by atomic mass is 35.5. The number of hydrogen-bond donors (Lipinski definition) is 0. The van der Waals surface area contributed by atoms with Gasteiger partial charge in [0.05, 0.1) is 0 Å². The van der Waals surface area contributed by atoms with E-state index in [1.165, 1.54) is 19.3 Å². The normalized spacial score (nSPS) is 37.5. The van der Waals surface area contributed by atoms with Gasteiger partial charge in [0.2, 0.25) is 11.8 Å². The lowest BCUT2D eigenvalue weighted by molar-refractivity contribution is 0.412. The van der Waals surface area contributed by atoms with E-state index in [1.54, 1.807) is 0 Å². The monoisotopic (exact) mass is 300 g/mol. The van der Waals surface area contributed by atoms with E-state index in [0.717, 1.165) is 35.1 Å². The Bertz CT molecular complexity index is 654. The highest BCUT2D eigenvalue weighted by Crippen LogP contribution is 2.72. The number of alkyl halides is 1. The van der Waals surface area contributed by atoms with E-state index in [2.05, 4.69) is 10.2 Å². The standard InChI is InChI=1S/C17H17ClN2O/c18-15(9-4-2-1-3-5-9)17-20-19-16(21-17)14-12-10-6-7-11(8-10)13(12)14/h1-5,10-15H,6-8H2. The van der Waals surface area contributed by atoms with Gasteiger partial charge in [0.25, 0.3) is 0 Å². The molecule has 0 saturated heterocycles. The molecule has 5 rings (SSSR count). The molecule has 1 heterocycles. The van der Waals surface area contributed by atoms with Gasteiger partial charge in [0, 0.05) is 5.92 Å². The average Bonchev–Trinajstić information content (AvgIpc) is 2.94. The molecule has 3 aliphatic carbocycles. The van der Waals surface area contributed by atoms with Crippen LogP contribution >= 0.6 is 11.6 Å². The van der Waals surface area contributed by atoms with Crippen LogP contribution in [0.3, 0.4) is 0 Å². The van der Waals surface area contributed by atoms with Gasteiger partial charge in [-0.1, -0.05) is 30.3 Å². The smallest absolute Gasteiger partial charge is 0.238 e. The molecule has 108 valence electrons. The van der Waals surface area contributed by atoms with E-state index in [-0.39, 0.29) is 5.38 Å². The Morgan fingerprint density at radius 3 is 2.48 bits per heavy atom. The van der Waals surface area contributed by atoms with Crippen LogP contribution in [0.4, 0.5) is 0 Å². The van der Waals surface area contributed by atoms with Crippen molar-refractivity contribution in [1.82, 2.24) is 10.2 Å². The number of fused-ring (bicyclic) bond motifs is 5. The van der Waals surface area contributed by atoms with Gasteiger partial charge < -0.3 is 4.42 Å². The van der Waals surface area contributed by atoms with Crippen LogP contribution in [-0.4, -0.2) is 10.2 Å². The van der Waals surface area contributed by atoms with E-state index in [4.69, 9.17) is 16.0 Å². The van der Waals surface area contributed by atoms with Gasteiger partial charge in [-0.05, 0) is 48.5 Å². The minimum Gasteiger partial charge on any atom is -0.423 e. The third-order valence-electron chi connectivity index (χ3n) is 5.79. The van der Waals surface area contributed by atoms with Gasteiger partial charge in [-0.2, -0.15) is 0 Å². The Hall–Kier alpha value is -1.35. The molecule has 3 nitrogen and oxygen atoms in total. The minimum atomic E-state index is -0.345. The van der Waals surface area contributed by atoms with Crippen LogP contribution in [0.2, 0.25) is 0 Å². The summed E-state index contributed by atoms with van der Waals surface area (Å²) in [6, 6.07) is 9.92. The number of hydrogen-bond acceptors (Lipinski definition) is 3. The molecule has 1 aromatic heterocycles. The molecule has 3 saturated carbocycles. The summed E-state index contributed by atoms with van der Waals surface area (Å²) in [6.07, 6.45) is 4.26. The van der Waals surface area contributed by atoms with Crippen LogP contribution in [-0.2, 0) is 0 Å². The maximum Gasteiger partial charge on any atom is 0.238 e. The summed E-state index contributed by atoms with van der Waals surface area (Å²) in [4.78, 5) is 0. The zero-order valence-corrected chi connectivity index (χ0v) is 12.4. The third-order valence-corrected chi connectivity index (χ3v) is 6.22. The van der Waals surface area contributed by atoms with Gasteiger partial charge in [0.1, 0.15) is 5.38 Å². The Balaban J connectivity index is 1.39. The summed E-state index contributed by atoms with van der Waals surface area (Å²) in [5.41, 5.74) is 1.01. The van der Waals surface area contributed by atoms with Crippen molar-refractivity contribution >= 4 is 11.6 Å². The lowest BCUT2D eigenvalue weighted by atomic mass is 10.0. The summed E-state index contributed by atoms with van der Waals surface area (Å²) in [6.45, 7) is 0. The Morgan fingerprint density at radius 1 is 1.05 bits per heavy atom. The van der Waals surface area contributed by atoms with Crippen molar-refractivity contribution < 1.29 is 4.42 Å². The first kappa shape index (κ1) is 12.2. The summed E-state index contributed by atoms with van der Waals surface area (Å²) in [7, 11) is 0. The predicted octanol–water partition coefficient (Wildman–Crippen LogP) is 4.16. The lowest BCUT2D eigenvalue weighted by Crippen LogP contribution is -1.97. The van der Waals surface area contributed by atoms with E-state index in [9.17, 15) is 0 Å². The van der Waals surface area contributed by atoms with E-state index >= 15 is 0 Å². The fourth-order valence-corrected chi connectivity index (χ4v) is 5.14. The Labute approximate surface area is 128 Å². The van der Waals surface area contributed by atoms with Crippen molar-refractivity contribution in [3.8, 4) is 0 Å². The predicted molar refractivity (Wildman–Crippen MR) is 79.0 cm³/mol. The van der Waals surface area contributed by atoms with Gasteiger partial charge in [-0.25, -0.2) is 0 Å². The minimum absolute atomic E-state index is 0.345. The zero-order chi connectivity index (χ0) is 14.0. The molecule has 21 heavy (non-hydrogen) atoms. The molecule has 1 aromatic carbocycles. The maximum atomic E-state index is 6.46. The van der Waals surface area contributed by atoms with Crippen LogP contribution in [0.25, 0.3) is 0 Å². The Morgan fingerprint density at radius 2 is 1.76 bits per heavy atom. The van der Waals surface area contributed by atoms with Crippen molar-refractivity contribution in [3.05, 3.63) is 47.7 Å². The lowest BCUT2D eigenvalue weighted by Gasteiger charge is -2.05. The summed E-state index contributed by atoms with van der Waals surface area (Å²) in [5, 5.41) is 8.16. The van der Waals surface area contributed by atoms with Gasteiger partial charge in [0.15, 0.2) is 0 Å². The number of benzene rings is 1. The van der Waals surface area contributed by atoms with E-state index < -0.39 is 0 Å². The first-order valence-corrected chi connectivity index (χ1v) is 8.29. The SMILES string of the molecule is ClC(c1ccccc1)c1nnc(C2C3C4CCC(C4)C23)o1. The van der Waals surface area contributed by atoms with E-state index in [0.29, 0.717) is 11.8 Å². The highest BCUT2D eigenvalue weighted by Gasteiger charge is 2.67. The maximum absolute atomic E-state index is 6.46. The molecule has 2 aromatic rings. The van der Waals surface area contributed by atoms with Crippen molar-refractivity contribution in [1.29, 1.82) is 0 Å². The van der Waals surface area contributed by atoms with Crippen molar-refractivity contribution in [2.24, 2.45) is 23.7 Å². The second-order valence-electron chi connectivity index (χ2n) is 6.77. The molecule has 0 radical (unpaired) electrons. The van der Waals surface area contributed by atoms with Crippen LogP contribution in [0.5, 0.6) is 0 Å². The first-order chi connectivity index (χ1) is 10.3. The van der Waals surface area contributed by atoms with Crippen molar-refractivity contribution in [2.75, 3.05) is 0 Å². The molecule has 2 bridgehead atoms. The van der Waals surface area contributed by atoms with Crippen molar-refractivity contribution in [3.63, 3.8) is 0 Å². The molecule has 3 fully saturated rings. The van der Waals surface area contributed by atoms with E-state index in [1.807, 2.05) is 30.3 Å². The second-order valence-corrected chi connectivity index (χ2v) is 7.20. The molecule has 5 atom stereocenters. The largest absolute Gasteiger partial charge is 0.423 e. The highest BCUT2D eigenvalue weighted by molar-refractivity contribution is 6.22. The van der Waals surface area contributed by atoms with Crippen LogP contribution in [0, 0.1) is 23.7 Å². The first-order valence-electron chi connectivity index (χ1n) is 7.85. The topological polar surface area (TPSA) is 38.9 Å². The van der Waals surface area contributed by atoms with Crippen molar-refractivity contribution in [2.45, 2.75) is 30.6 Å². The summed E-state index contributed by atoms with van der Waals surface area (Å²) < 4.78 is 5.93. The molecule has 5 unspecified atom stereocenters. The second kappa shape index (κ2) is 4.33. The van der Waals surface area contributed by atoms with Gasteiger partial charge in [-0.3, -0.25) is 0 Å². The van der Waals surface area contributed by atoms with Crippen LogP contribution in [0.15, 0.2) is 34.7 Å². The van der Waals surface area contributed by atoms with Gasteiger partial charge in [-0.15, -0.1) is 21.8 Å². The zero-order valence-electron chi connectivity index (χ0n) is 11.7. The molecular formula is C17H17ClN2O. The summed E-state index contributed by atoms with van der Waals surface area (Å²) in [5.74, 6) is 5.37. The quantitative estimate of drug-likeness (QED) is 0.799. The summed E-state index contributed by atoms with van der Waals surface area (Å²) >= 11 is 6.46. The number of nitrogens with zero attached hydrogens (tertiary/aromatic N) is 2. The molecule has 0 amide bonds. The van der Waals surface area contributed by atoms with Crippen LogP contribution in [0.1, 0.15) is 47.9 Å². The van der Waals surface area contributed by atoms with Gasteiger partial charge >= 0.3 is 0 Å². The molecule has 0 N–H and O–H groups in total. The molecule has 4 heteroatoms. The third kappa shape index (κ3) is 1.73. The number of halogens is 1. The number of aromatic nitrogens is 2. The molecule has 0 spiro atoms. The fraction of sp³-hybridized carbons (Fsp3) is 0.529. The molecule has 0 aliphatic heterocycles. The fourth-order valence-electron chi connectivity index (χ4n) is 4.90. The number of rotatable bonds is 3. The van der Waals surface area contributed by atoms with Crippen LogP contribution < -0.4 is 0 Å². The molecular weight excluding hydrogens is 284 g/mol. The average molecular weight is 301 g/mol. The molecule has 3 aliphatic rings. The Kier molecular flexibility index (Phi) is 2.52.